The lowest BCUT2D eigenvalue weighted by atomic mass is 10.0. The zero-order valence-corrected chi connectivity index (χ0v) is 17.4. The number of aryl methyl sites for hydroxylation is 1. The van der Waals surface area contributed by atoms with Gasteiger partial charge in [0.05, 0.1) is 18.8 Å². The van der Waals surface area contributed by atoms with Gasteiger partial charge >= 0.3 is 0 Å². The molecule has 27 heavy (non-hydrogen) atoms. The van der Waals surface area contributed by atoms with Crippen molar-refractivity contribution in [1.82, 2.24) is 15.5 Å². The zero-order valence-electron chi connectivity index (χ0n) is 17.4. The Hall–Kier alpha value is -1.57. The normalized spacial score (nSPS) is 23.9. The molecule has 3 N–H and O–H groups in total. The second-order valence-corrected chi connectivity index (χ2v) is 7.68. The van der Waals surface area contributed by atoms with Crippen LogP contribution in [-0.2, 0) is 10.3 Å². The Bertz CT molecular complexity index is 590. The fraction of sp³-hybridized carbons (Fsp3) is 0.750. The van der Waals surface area contributed by atoms with Crippen LogP contribution in [0.5, 0.6) is 0 Å². The third-order valence-corrected chi connectivity index (χ3v) is 4.60. The van der Waals surface area contributed by atoms with Crippen LogP contribution in [-0.4, -0.2) is 67.4 Å². The van der Waals surface area contributed by atoms with E-state index >= 15 is 0 Å². The number of rotatable bonds is 8. The van der Waals surface area contributed by atoms with Crippen LogP contribution in [0.15, 0.2) is 21.5 Å². The van der Waals surface area contributed by atoms with Gasteiger partial charge in [-0.15, -0.1) is 0 Å². The SMILES string of the molecule is CCNC(=NCC(C)(O)c1ccc(C)o1)NCCCN1CC(C)OC(C)C1. The van der Waals surface area contributed by atoms with Crippen molar-refractivity contribution >= 4 is 5.96 Å². The highest BCUT2D eigenvalue weighted by atomic mass is 16.5. The van der Waals surface area contributed by atoms with Crippen LogP contribution < -0.4 is 10.6 Å². The summed E-state index contributed by atoms with van der Waals surface area (Å²) in [5, 5.41) is 17.2. The molecule has 1 fully saturated rings. The lowest BCUT2D eigenvalue weighted by Crippen LogP contribution is -2.46. The molecule has 2 rings (SSSR count). The van der Waals surface area contributed by atoms with E-state index in [1.54, 1.807) is 13.0 Å². The molecule has 2 heterocycles. The first kappa shape index (κ1) is 21.7. The summed E-state index contributed by atoms with van der Waals surface area (Å²) in [4.78, 5) is 6.98. The van der Waals surface area contributed by atoms with E-state index in [0.717, 1.165) is 44.9 Å². The first-order valence-electron chi connectivity index (χ1n) is 9.99. The van der Waals surface area contributed by atoms with Crippen molar-refractivity contribution in [3.8, 4) is 0 Å². The molecule has 0 amide bonds. The number of ether oxygens (including phenoxy) is 1. The van der Waals surface area contributed by atoms with Crippen molar-refractivity contribution in [3.05, 3.63) is 23.7 Å². The van der Waals surface area contributed by atoms with Crippen LogP contribution in [0, 0.1) is 6.92 Å². The summed E-state index contributed by atoms with van der Waals surface area (Å²) in [6, 6.07) is 3.65. The van der Waals surface area contributed by atoms with Gasteiger partial charge in [0.15, 0.2) is 5.96 Å². The minimum Gasteiger partial charge on any atom is -0.463 e. The third kappa shape index (κ3) is 7.16. The highest BCUT2D eigenvalue weighted by Crippen LogP contribution is 2.23. The van der Waals surface area contributed by atoms with Gasteiger partial charge in [-0.2, -0.15) is 0 Å². The Labute approximate surface area is 163 Å². The Morgan fingerprint density at radius 2 is 2.00 bits per heavy atom. The molecule has 0 radical (unpaired) electrons. The Kier molecular flexibility index (Phi) is 8.13. The maximum Gasteiger partial charge on any atom is 0.191 e. The van der Waals surface area contributed by atoms with Crippen LogP contribution in [0.2, 0.25) is 0 Å². The molecular formula is C20H36N4O3. The predicted octanol–water partition coefficient (Wildman–Crippen LogP) is 1.85. The molecule has 0 aliphatic carbocycles. The van der Waals surface area contributed by atoms with Crippen molar-refractivity contribution in [3.63, 3.8) is 0 Å². The van der Waals surface area contributed by atoms with Crippen LogP contribution >= 0.6 is 0 Å². The van der Waals surface area contributed by atoms with Gasteiger partial charge in [0.25, 0.3) is 0 Å². The largest absolute Gasteiger partial charge is 0.463 e. The molecule has 3 atom stereocenters. The Morgan fingerprint density at radius 1 is 1.30 bits per heavy atom. The lowest BCUT2D eigenvalue weighted by Gasteiger charge is -2.35. The van der Waals surface area contributed by atoms with Crippen LogP contribution in [0.3, 0.4) is 0 Å². The van der Waals surface area contributed by atoms with Crippen molar-refractivity contribution in [2.45, 2.75) is 58.8 Å². The molecule has 0 saturated carbocycles. The van der Waals surface area contributed by atoms with Gasteiger partial charge in [-0.05, 0) is 53.2 Å². The standard InChI is InChI=1S/C20H36N4O3/c1-6-21-19(23-14-20(5,25)18-9-8-15(2)27-18)22-10-7-11-24-12-16(3)26-17(4)13-24/h8-9,16-17,25H,6-7,10-14H2,1-5H3,(H2,21,22,23). The van der Waals surface area contributed by atoms with Crippen LogP contribution in [0.1, 0.15) is 45.6 Å². The van der Waals surface area contributed by atoms with Gasteiger partial charge < -0.3 is 24.9 Å². The van der Waals surface area contributed by atoms with E-state index in [0.29, 0.717) is 23.9 Å². The number of guanidine groups is 1. The zero-order chi connectivity index (χ0) is 19.9. The number of furan rings is 1. The average Bonchev–Trinajstić information content (AvgIpc) is 3.03. The second-order valence-electron chi connectivity index (χ2n) is 7.68. The topological polar surface area (TPSA) is 82.3 Å². The monoisotopic (exact) mass is 380 g/mol. The van der Waals surface area contributed by atoms with Crippen molar-refractivity contribution in [2.24, 2.45) is 4.99 Å². The summed E-state index contributed by atoms with van der Waals surface area (Å²) in [5.74, 6) is 2.03. The molecule has 0 aromatic carbocycles. The molecule has 1 saturated heterocycles. The number of aliphatic hydroxyl groups is 1. The molecule has 1 aromatic heterocycles. The molecule has 1 aromatic rings. The minimum atomic E-state index is -1.13. The number of nitrogens with one attached hydrogen (secondary N) is 2. The van der Waals surface area contributed by atoms with E-state index in [2.05, 4.69) is 34.4 Å². The molecule has 3 unspecified atom stereocenters. The fourth-order valence-corrected chi connectivity index (χ4v) is 3.35. The van der Waals surface area contributed by atoms with Crippen molar-refractivity contribution in [2.75, 3.05) is 39.3 Å². The molecule has 1 aliphatic heterocycles. The smallest absolute Gasteiger partial charge is 0.191 e. The lowest BCUT2D eigenvalue weighted by molar-refractivity contribution is -0.0679. The van der Waals surface area contributed by atoms with E-state index in [-0.39, 0.29) is 6.54 Å². The molecule has 0 spiro atoms. The molecule has 7 nitrogen and oxygen atoms in total. The van der Waals surface area contributed by atoms with Gasteiger partial charge in [-0.25, -0.2) is 4.99 Å². The average molecular weight is 381 g/mol. The maximum atomic E-state index is 10.6. The summed E-state index contributed by atoms with van der Waals surface area (Å²) < 4.78 is 11.3. The highest BCUT2D eigenvalue weighted by molar-refractivity contribution is 5.79. The quantitative estimate of drug-likeness (QED) is 0.363. The van der Waals surface area contributed by atoms with E-state index in [4.69, 9.17) is 9.15 Å². The third-order valence-electron chi connectivity index (χ3n) is 4.60. The van der Waals surface area contributed by atoms with Gasteiger partial charge in [-0.3, -0.25) is 4.90 Å². The number of morpholine rings is 1. The van der Waals surface area contributed by atoms with E-state index < -0.39 is 5.60 Å². The van der Waals surface area contributed by atoms with Gasteiger partial charge in [0.1, 0.15) is 17.1 Å². The van der Waals surface area contributed by atoms with Crippen LogP contribution in [0.25, 0.3) is 0 Å². The van der Waals surface area contributed by atoms with E-state index in [1.807, 2.05) is 19.9 Å². The second kappa shape index (κ2) is 10.1. The summed E-state index contributed by atoms with van der Waals surface area (Å²) >= 11 is 0. The molecule has 1 aliphatic rings. The first-order valence-corrected chi connectivity index (χ1v) is 9.99. The van der Waals surface area contributed by atoms with Gasteiger partial charge in [-0.1, -0.05) is 0 Å². The summed E-state index contributed by atoms with van der Waals surface area (Å²) in [6.45, 7) is 14.7. The number of nitrogens with zero attached hydrogens (tertiary/aromatic N) is 2. The number of hydrogen-bond acceptors (Lipinski definition) is 5. The van der Waals surface area contributed by atoms with Crippen molar-refractivity contribution in [1.29, 1.82) is 0 Å². The Morgan fingerprint density at radius 3 is 2.59 bits per heavy atom. The summed E-state index contributed by atoms with van der Waals surface area (Å²) in [5.41, 5.74) is -1.13. The summed E-state index contributed by atoms with van der Waals surface area (Å²) in [7, 11) is 0. The van der Waals surface area contributed by atoms with Gasteiger partial charge in [0.2, 0.25) is 0 Å². The van der Waals surface area contributed by atoms with E-state index in [9.17, 15) is 5.11 Å². The fourth-order valence-electron chi connectivity index (χ4n) is 3.35. The molecule has 7 heteroatoms. The molecule has 0 bridgehead atoms. The summed E-state index contributed by atoms with van der Waals surface area (Å²) in [6.07, 6.45) is 1.62. The number of aliphatic imine (C=N–C) groups is 1. The highest BCUT2D eigenvalue weighted by Gasteiger charge is 2.26. The molecular weight excluding hydrogens is 344 g/mol. The maximum absolute atomic E-state index is 10.6. The van der Waals surface area contributed by atoms with Crippen molar-refractivity contribution < 1.29 is 14.3 Å². The van der Waals surface area contributed by atoms with Gasteiger partial charge in [0, 0.05) is 32.7 Å². The van der Waals surface area contributed by atoms with Crippen LogP contribution in [0.4, 0.5) is 0 Å². The van der Waals surface area contributed by atoms with E-state index in [1.165, 1.54) is 0 Å². The Balaban J connectivity index is 1.79. The predicted molar refractivity (Wildman–Crippen MR) is 108 cm³/mol. The molecule has 154 valence electrons. The first-order chi connectivity index (χ1) is 12.8. The number of hydrogen-bond donors (Lipinski definition) is 3. The minimum absolute atomic E-state index is 0.230.